The van der Waals surface area contributed by atoms with Crippen LogP contribution in [0.2, 0.25) is 0 Å². The minimum atomic E-state index is -0.240. The Hall–Kier alpha value is -3.41. The number of hydrogen-bond acceptors (Lipinski definition) is 5. The second-order valence-corrected chi connectivity index (χ2v) is 5.48. The highest BCUT2D eigenvalue weighted by atomic mass is 16.5. The van der Waals surface area contributed by atoms with Crippen LogP contribution in [-0.4, -0.2) is 29.6 Å². The van der Waals surface area contributed by atoms with Crippen LogP contribution in [-0.2, 0) is 11.3 Å². The van der Waals surface area contributed by atoms with Crippen LogP contribution in [0.5, 0.6) is 11.5 Å². The number of ether oxygens (including phenoxy) is 2. The Balaban J connectivity index is 1.55. The Bertz CT molecular complexity index is 869. The number of benzene rings is 2. The van der Waals surface area contributed by atoms with Crippen LogP contribution in [0, 0.1) is 0 Å². The molecule has 0 saturated heterocycles. The molecule has 0 radical (unpaired) electrons. The van der Waals surface area contributed by atoms with Crippen molar-refractivity contribution in [2.75, 3.05) is 13.7 Å². The fraction of sp³-hybridized carbons (Fsp3) is 0.150. The summed E-state index contributed by atoms with van der Waals surface area (Å²) in [6.07, 6.45) is 1.50. The van der Waals surface area contributed by atoms with E-state index in [4.69, 9.17) is 9.47 Å². The summed E-state index contributed by atoms with van der Waals surface area (Å²) in [7, 11) is 1.56. The van der Waals surface area contributed by atoms with Crippen molar-refractivity contribution in [3.8, 4) is 22.8 Å². The third-order valence-electron chi connectivity index (χ3n) is 3.69. The molecule has 6 heteroatoms. The molecule has 2 aromatic carbocycles. The first-order chi connectivity index (χ1) is 12.8. The molecule has 0 aliphatic heterocycles. The second-order valence-electron chi connectivity index (χ2n) is 5.48. The number of hydrogen-bond donors (Lipinski definition) is 1. The highest BCUT2D eigenvalue weighted by Crippen LogP contribution is 2.25. The Morgan fingerprint density at radius 3 is 2.50 bits per heavy atom. The Kier molecular flexibility index (Phi) is 5.77. The summed E-state index contributed by atoms with van der Waals surface area (Å²) in [6, 6.07) is 18.9. The fourth-order valence-electron chi connectivity index (χ4n) is 2.38. The molecule has 0 spiro atoms. The maximum absolute atomic E-state index is 12.0. The van der Waals surface area contributed by atoms with Crippen LogP contribution in [0.25, 0.3) is 11.3 Å². The monoisotopic (exact) mass is 349 g/mol. The molecule has 0 bridgehead atoms. The number of nitrogens with zero attached hydrogens (tertiary/aromatic N) is 2. The van der Waals surface area contributed by atoms with Crippen molar-refractivity contribution in [2.24, 2.45) is 0 Å². The van der Waals surface area contributed by atoms with Gasteiger partial charge >= 0.3 is 0 Å². The highest BCUT2D eigenvalue weighted by Gasteiger charge is 2.08. The van der Waals surface area contributed by atoms with Crippen LogP contribution >= 0.6 is 0 Å². The Labute approximate surface area is 151 Å². The van der Waals surface area contributed by atoms with Gasteiger partial charge in [0.15, 0.2) is 18.1 Å². The zero-order valence-electron chi connectivity index (χ0n) is 14.4. The molecule has 0 aliphatic carbocycles. The SMILES string of the molecule is COc1ccccc1OCC(=O)NCc1cc(-c2ccccc2)ncn1. The highest BCUT2D eigenvalue weighted by molar-refractivity contribution is 5.77. The van der Waals surface area contributed by atoms with Crippen LogP contribution in [0.15, 0.2) is 67.0 Å². The van der Waals surface area contributed by atoms with Gasteiger partial charge in [-0.15, -0.1) is 0 Å². The summed E-state index contributed by atoms with van der Waals surface area (Å²) in [5.41, 5.74) is 2.54. The molecule has 0 saturated carbocycles. The van der Waals surface area contributed by atoms with Gasteiger partial charge in [0.05, 0.1) is 25.0 Å². The summed E-state index contributed by atoms with van der Waals surface area (Å²) >= 11 is 0. The predicted octanol–water partition coefficient (Wildman–Crippen LogP) is 2.85. The Morgan fingerprint density at radius 1 is 1.00 bits per heavy atom. The van der Waals surface area contributed by atoms with Crippen molar-refractivity contribution >= 4 is 5.91 Å². The zero-order chi connectivity index (χ0) is 18.2. The minimum Gasteiger partial charge on any atom is -0.493 e. The van der Waals surface area contributed by atoms with Crippen molar-refractivity contribution in [3.05, 3.63) is 72.7 Å². The summed E-state index contributed by atoms with van der Waals surface area (Å²) in [6.45, 7) is 0.202. The van der Waals surface area contributed by atoms with E-state index in [1.165, 1.54) is 6.33 Å². The smallest absolute Gasteiger partial charge is 0.258 e. The van der Waals surface area contributed by atoms with Gasteiger partial charge in [-0.05, 0) is 18.2 Å². The number of carbonyl (C=O) groups excluding carboxylic acids is 1. The Morgan fingerprint density at radius 2 is 1.73 bits per heavy atom. The van der Waals surface area contributed by atoms with E-state index in [-0.39, 0.29) is 12.5 Å². The van der Waals surface area contributed by atoms with E-state index in [9.17, 15) is 4.79 Å². The van der Waals surface area contributed by atoms with Gasteiger partial charge < -0.3 is 14.8 Å². The van der Waals surface area contributed by atoms with E-state index in [2.05, 4.69) is 15.3 Å². The third-order valence-corrected chi connectivity index (χ3v) is 3.69. The number of nitrogens with one attached hydrogen (secondary N) is 1. The number of carbonyl (C=O) groups is 1. The summed E-state index contributed by atoms with van der Waals surface area (Å²) in [4.78, 5) is 20.5. The van der Waals surface area contributed by atoms with Crippen LogP contribution < -0.4 is 14.8 Å². The molecule has 1 N–H and O–H groups in total. The zero-order valence-corrected chi connectivity index (χ0v) is 14.4. The molecule has 0 unspecified atom stereocenters. The van der Waals surface area contributed by atoms with Gasteiger partial charge in [0, 0.05) is 5.56 Å². The van der Waals surface area contributed by atoms with Crippen molar-refractivity contribution < 1.29 is 14.3 Å². The first-order valence-corrected chi connectivity index (χ1v) is 8.15. The first-order valence-electron chi connectivity index (χ1n) is 8.15. The number of amides is 1. The van der Waals surface area contributed by atoms with E-state index < -0.39 is 0 Å². The molecule has 1 heterocycles. The molecule has 26 heavy (non-hydrogen) atoms. The molecule has 3 aromatic rings. The quantitative estimate of drug-likeness (QED) is 0.710. The average molecular weight is 349 g/mol. The van der Waals surface area contributed by atoms with Crippen LogP contribution in [0.1, 0.15) is 5.69 Å². The van der Waals surface area contributed by atoms with Crippen molar-refractivity contribution in [1.29, 1.82) is 0 Å². The molecule has 0 fully saturated rings. The second kappa shape index (κ2) is 8.62. The lowest BCUT2D eigenvalue weighted by Crippen LogP contribution is -2.28. The number of methoxy groups -OCH3 is 1. The standard InChI is InChI=1S/C20H19N3O3/c1-25-18-9-5-6-10-19(18)26-13-20(24)21-12-16-11-17(23-14-22-16)15-7-3-2-4-8-15/h2-11,14H,12-13H2,1H3,(H,21,24). The topological polar surface area (TPSA) is 73.3 Å². The molecular weight excluding hydrogens is 330 g/mol. The first kappa shape index (κ1) is 17.4. The molecule has 1 aromatic heterocycles. The molecule has 1 amide bonds. The van der Waals surface area contributed by atoms with Crippen molar-refractivity contribution in [2.45, 2.75) is 6.54 Å². The largest absolute Gasteiger partial charge is 0.493 e. The molecule has 0 aliphatic rings. The maximum Gasteiger partial charge on any atom is 0.258 e. The number of para-hydroxylation sites is 2. The summed E-state index contributed by atoms with van der Waals surface area (Å²) in [5.74, 6) is 0.873. The van der Waals surface area contributed by atoms with Gasteiger partial charge in [0.2, 0.25) is 0 Å². The fourth-order valence-corrected chi connectivity index (χ4v) is 2.38. The van der Waals surface area contributed by atoms with Gasteiger partial charge in [-0.25, -0.2) is 9.97 Å². The lowest BCUT2D eigenvalue weighted by molar-refractivity contribution is -0.123. The average Bonchev–Trinajstić information content (AvgIpc) is 2.71. The molecule has 0 atom stereocenters. The van der Waals surface area contributed by atoms with E-state index in [1.54, 1.807) is 19.2 Å². The molecule has 132 valence electrons. The maximum atomic E-state index is 12.0. The predicted molar refractivity (Wildman–Crippen MR) is 97.8 cm³/mol. The lowest BCUT2D eigenvalue weighted by Gasteiger charge is -2.10. The van der Waals surface area contributed by atoms with E-state index in [0.29, 0.717) is 18.0 Å². The normalized spacial score (nSPS) is 10.2. The summed E-state index contributed by atoms with van der Waals surface area (Å²) < 4.78 is 10.7. The van der Waals surface area contributed by atoms with E-state index in [1.807, 2.05) is 48.5 Å². The number of rotatable bonds is 7. The molecule has 6 nitrogen and oxygen atoms in total. The van der Waals surface area contributed by atoms with Crippen LogP contribution in [0.4, 0.5) is 0 Å². The third kappa shape index (κ3) is 4.57. The van der Waals surface area contributed by atoms with Crippen molar-refractivity contribution in [3.63, 3.8) is 0 Å². The molecule has 3 rings (SSSR count). The van der Waals surface area contributed by atoms with E-state index >= 15 is 0 Å². The van der Waals surface area contributed by atoms with Gasteiger partial charge in [-0.3, -0.25) is 4.79 Å². The van der Waals surface area contributed by atoms with Gasteiger partial charge in [0.25, 0.3) is 5.91 Å². The van der Waals surface area contributed by atoms with Crippen molar-refractivity contribution in [1.82, 2.24) is 15.3 Å². The minimum absolute atomic E-state index is 0.100. The van der Waals surface area contributed by atoms with Gasteiger partial charge in [-0.1, -0.05) is 42.5 Å². The molecular formula is C20H19N3O3. The van der Waals surface area contributed by atoms with Gasteiger partial charge in [0.1, 0.15) is 6.33 Å². The number of aromatic nitrogens is 2. The van der Waals surface area contributed by atoms with Gasteiger partial charge in [-0.2, -0.15) is 0 Å². The summed E-state index contributed by atoms with van der Waals surface area (Å²) in [5, 5.41) is 2.79. The van der Waals surface area contributed by atoms with Crippen LogP contribution in [0.3, 0.4) is 0 Å². The van der Waals surface area contributed by atoms with E-state index in [0.717, 1.165) is 17.0 Å². The lowest BCUT2D eigenvalue weighted by atomic mass is 10.1.